The summed E-state index contributed by atoms with van der Waals surface area (Å²) < 4.78 is 0. The van der Waals surface area contributed by atoms with Crippen LogP contribution in [0.5, 0.6) is 0 Å². The van der Waals surface area contributed by atoms with E-state index in [2.05, 4.69) is 11.1 Å². The molecule has 4 heteroatoms. The van der Waals surface area contributed by atoms with Crippen molar-refractivity contribution in [2.75, 3.05) is 5.73 Å². The Morgan fingerprint density at radius 1 is 1.31 bits per heavy atom. The highest BCUT2D eigenvalue weighted by Gasteiger charge is 2.08. The summed E-state index contributed by atoms with van der Waals surface area (Å²) in [5, 5.41) is 9.16. The second-order valence-electron chi connectivity index (χ2n) is 3.26. The van der Waals surface area contributed by atoms with Crippen molar-refractivity contribution in [1.29, 1.82) is 5.26 Å². The normalized spacial score (nSPS) is 9.75. The first kappa shape index (κ1) is 10.5. The number of nitrogens with zero attached hydrogens (tertiary/aromatic N) is 2. The minimum absolute atomic E-state index is 0.343. The summed E-state index contributed by atoms with van der Waals surface area (Å²) in [4.78, 5) is 3.97. The smallest absolute Gasteiger partial charge is 0.138 e. The van der Waals surface area contributed by atoms with E-state index in [1.165, 1.54) is 0 Å². The Hall–Kier alpha value is -2.05. The lowest BCUT2D eigenvalue weighted by atomic mass is 10.0. The van der Waals surface area contributed by atoms with Gasteiger partial charge in [0, 0.05) is 17.4 Å². The number of aromatic nitrogens is 1. The third-order valence-electron chi connectivity index (χ3n) is 2.22. The predicted molar refractivity (Wildman–Crippen MR) is 63.8 cm³/mol. The molecular formula is C12H8ClN3. The molecule has 1 aromatic heterocycles. The second-order valence-corrected chi connectivity index (χ2v) is 3.62. The fourth-order valence-electron chi connectivity index (χ4n) is 1.48. The first-order valence-electron chi connectivity index (χ1n) is 4.63. The Balaban J connectivity index is 2.64. The molecule has 0 atom stereocenters. The predicted octanol–water partition coefficient (Wildman–Crippen LogP) is 2.86. The van der Waals surface area contributed by atoms with Crippen LogP contribution in [0.25, 0.3) is 11.1 Å². The highest BCUT2D eigenvalue weighted by atomic mass is 35.5. The molecule has 2 rings (SSSR count). The van der Waals surface area contributed by atoms with Gasteiger partial charge in [-0.1, -0.05) is 23.7 Å². The summed E-state index contributed by atoms with van der Waals surface area (Å²) in [5.74, 6) is 0. The van der Waals surface area contributed by atoms with Crippen molar-refractivity contribution in [3.63, 3.8) is 0 Å². The van der Waals surface area contributed by atoms with Crippen LogP contribution in [0.3, 0.4) is 0 Å². The number of benzene rings is 1. The molecule has 0 saturated heterocycles. The van der Waals surface area contributed by atoms with E-state index in [4.69, 9.17) is 22.6 Å². The molecule has 0 aliphatic rings. The van der Waals surface area contributed by atoms with Crippen molar-refractivity contribution >= 4 is 17.3 Å². The van der Waals surface area contributed by atoms with Gasteiger partial charge in [0.05, 0.1) is 11.6 Å². The third-order valence-corrected chi connectivity index (χ3v) is 2.50. The topological polar surface area (TPSA) is 62.7 Å². The molecule has 2 N–H and O–H groups in total. The van der Waals surface area contributed by atoms with Crippen LogP contribution in [-0.4, -0.2) is 4.98 Å². The number of anilines is 1. The van der Waals surface area contributed by atoms with Crippen LogP contribution < -0.4 is 5.73 Å². The van der Waals surface area contributed by atoms with Gasteiger partial charge in [-0.15, -0.1) is 0 Å². The van der Waals surface area contributed by atoms with E-state index >= 15 is 0 Å². The molecule has 0 amide bonds. The molecule has 0 radical (unpaired) electrons. The number of pyridine rings is 1. The molecular weight excluding hydrogens is 222 g/mol. The van der Waals surface area contributed by atoms with E-state index in [1.807, 2.05) is 6.07 Å². The maximum atomic E-state index is 8.82. The molecule has 0 fully saturated rings. The van der Waals surface area contributed by atoms with Crippen LogP contribution in [-0.2, 0) is 0 Å². The number of rotatable bonds is 1. The number of nitrogen functional groups attached to an aromatic ring is 1. The maximum absolute atomic E-state index is 8.82. The lowest BCUT2D eigenvalue weighted by molar-refractivity contribution is 1.33. The van der Waals surface area contributed by atoms with Crippen molar-refractivity contribution in [2.45, 2.75) is 0 Å². The highest BCUT2D eigenvalue weighted by Crippen LogP contribution is 2.31. The largest absolute Gasteiger partial charge is 0.398 e. The molecule has 0 unspecified atom stereocenters. The van der Waals surface area contributed by atoms with Gasteiger partial charge in [-0.2, -0.15) is 5.26 Å². The van der Waals surface area contributed by atoms with Crippen LogP contribution in [0.4, 0.5) is 5.69 Å². The summed E-state index contributed by atoms with van der Waals surface area (Å²) in [6, 6.07) is 10.8. The SMILES string of the molecule is N#Cc1cccc(-c2c(N)ccnc2Cl)c1. The summed E-state index contributed by atoms with van der Waals surface area (Å²) in [6.45, 7) is 0. The standard InChI is InChI=1S/C12H8ClN3/c13-12-11(10(15)4-5-16-12)9-3-1-2-8(6-9)7-14/h1-6H,(H2,15,16). The molecule has 78 valence electrons. The average Bonchev–Trinajstić information content (AvgIpc) is 2.29. The Morgan fingerprint density at radius 2 is 2.12 bits per heavy atom. The Bertz CT molecular complexity index is 552. The van der Waals surface area contributed by atoms with Gasteiger partial charge in [0.25, 0.3) is 0 Å². The zero-order chi connectivity index (χ0) is 11.5. The Labute approximate surface area is 98.1 Å². The first-order valence-corrected chi connectivity index (χ1v) is 5.00. The quantitative estimate of drug-likeness (QED) is 0.765. The van der Waals surface area contributed by atoms with E-state index in [0.29, 0.717) is 22.0 Å². The number of hydrogen-bond acceptors (Lipinski definition) is 3. The number of hydrogen-bond donors (Lipinski definition) is 1. The summed E-state index contributed by atoms with van der Waals surface area (Å²) >= 11 is 5.99. The number of nitriles is 1. The van der Waals surface area contributed by atoms with Crippen molar-refractivity contribution < 1.29 is 0 Å². The van der Waals surface area contributed by atoms with Gasteiger partial charge < -0.3 is 5.73 Å². The highest BCUT2D eigenvalue weighted by molar-refractivity contribution is 6.32. The van der Waals surface area contributed by atoms with E-state index in [0.717, 1.165) is 5.56 Å². The Kier molecular flexibility index (Phi) is 2.76. The number of halogens is 1. The van der Waals surface area contributed by atoms with Crippen LogP contribution in [0.2, 0.25) is 5.15 Å². The minimum atomic E-state index is 0.343. The third kappa shape index (κ3) is 1.83. The average molecular weight is 230 g/mol. The summed E-state index contributed by atoms with van der Waals surface area (Å²) in [5.41, 5.74) is 8.42. The van der Waals surface area contributed by atoms with Crippen LogP contribution >= 0.6 is 11.6 Å². The van der Waals surface area contributed by atoms with Crippen molar-refractivity contribution in [2.24, 2.45) is 0 Å². The molecule has 1 heterocycles. The van der Waals surface area contributed by atoms with Crippen LogP contribution in [0.15, 0.2) is 36.5 Å². The van der Waals surface area contributed by atoms with Gasteiger partial charge in [-0.05, 0) is 23.8 Å². The number of nitrogens with two attached hydrogens (primary N) is 1. The summed E-state index contributed by atoms with van der Waals surface area (Å²) in [7, 11) is 0. The zero-order valence-electron chi connectivity index (χ0n) is 8.31. The van der Waals surface area contributed by atoms with E-state index in [-0.39, 0.29) is 0 Å². The molecule has 0 saturated carbocycles. The molecule has 0 aliphatic heterocycles. The molecule has 2 aromatic rings. The van der Waals surface area contributed by atoms with Gasteiger partial charge in [-0.25, -0.2) is 4.98 Å². The van der Waals surface area contributed by atoms with Gasteiger partial charge in [0.1, 0.15) is 5.15 Å². The van der Waals surface area contributed by atoms with Crippen molar-refractivity contribution in [1.82, 2.24) is 4.98 Å². The van der Waals surface area contributed by atoms with Gasteiger partial charge in [-0.3, -0.25) is 0 Å². The Morgan fingerprint density at radius 3 is 2.81 bits per heavy atom. The fraction of sp³-hybridized carbons (Fsp3) is 0. The molecule has 1 aromatic carbocycles. The first-order chi connectivity index (χ1) is 7.72. The van der Waals surface area contributed by atoms with Crippen LogP contribution in [0, 0.1) is 11.3 Å². The van der Waals surface area contributed by atoms with E-state index in [1.54, 1.807) is 30.5 Å². The van der Waals surface area contributed by atoms with E-state index < -0.39 is 0 Å². The lowest BCUT2D eigenvalue weighted by Crippen LogP contribution is -1.93. The summed E-state index contributed by atoms with van der Waals surface area (Å²) in [6.07, 6.45) is 1.55. The zero-order valence-corrected chi connectivity index (χ0v) is 9.07. The van der Waals surface area contributed by atoms with Crippen LogP contribution in [0.1, 0.15) is 5.56 Å². The minimum Gasteiger partial charge on any atom is -0.398 e. The maximum Gasteiger partial charge on any atom is 0.138 e. The molecule has 3 nitrogen and oxygen atoms in total. The van der Waals surface area contributed by atoms with Gasteiger partial charge >= 0.3 is 0 Å². The monoisotopic (exact) mass is 229 g/mol. The molecule has 16 heavy (non-hydrogen) atoms. The van der Waals surface area contributed by atoms with Gasteiger partial charge in [0.15, 0.2) is 0 Å². The molecule has 0 bridgehead atoms. The second kappa shape index (κ2) is 4.21. The van der Waals surface area contributed by atoms with Crippen molar-refractivity contribution in [3.8, 4) is 17.2 Å². The fourth-order valence-corrected chi connectivity index (χ4v) is 1.75. The van der Waals surface area contributed by atoms with E-state index in [9.17, 15) is 0 Å². The molecule has 0 spiro atoms. The van der Waals surface area contributed by atoms with Gasteiger partial charge in [0.2, 0.25) is 0 Å². The van der Waals surface area contributed by atoms with Crippen molar-refractivity contribution in [3.05, 3.63) is 47.2 Å². The lowest BCUT2D eigenvalue weighted by Gasteiger charge is -2.07. The molecule has 0 aliphatic carbocycles.